The van der Waals surface area contributed by atoms with Gasteiger partial charge in [-0.3, -0.25) is 0 Å². The fourth-order valence-electron chi connectivity index (χ4n) is 9.21. The van der Waals surface area contributed by atoms with Crippen LogP contribution in [0.2, 0.25) is 0 Å². The summed E-state index contributed by atoms with van der Waals surface area (Å²) in [6.07, 6.45) is 0. The first kappa shape index (κ1) is 34.4. The summed E-state index contributed by atoms with van der Waals surface area (Å²) in [5, 5.41) is 9.49. The van der Waals surface area contributed by atoms with Crippen molar-refractivity contribution in [3.8, 4) is 84.9 Å². The predicted octanol–water partition coefficient (Wildman–Crippen LogP) is 13.5. The van der Waals surface area contributed by atoms with Gasteiger partial charge in [0.15, 0.2) is 5.82 Å². The normalized spacial score (nSPS) is 12.7. The average Bonchev–Trinajstić information content (AvgIpc) is 3.59. The maximum Gasteiger partial charge on any atom is 0.160 e. The van der Waals surface area contributed by atoms with E-state index in [1.807, 2.05) is 60.7 Å². The van der Waals surface area contributed by atoms with E-state index >= 15 is 0 Å². The maximum absolute atomic E-state index is 9.49. The van der Waals surface area contributed by atoms with Crippen molar-refractivity contribution in [2.45, 2.75) is 12.3 Å². The first-order chi connectivity index (χ1) is 29.1. The van der Waals surface area contributed by atoms with E-state index in [1.54, 1.807) is 0 Å². The van der Waals surface area contributed by atoms with Crippen LogP contribution in [0.4, 0.5) is 0 Å². The molecule has 1 aliphatic carbocycles. The smallest absolute Gasteiger partial charge is 0.160 e. The first-order valence-electron chi connectivity index (χ1n) is 19.9. The van der Waals surface area contributed by atoms with Crippen LogP contribution in [0.1, 0.15) is 33.4 Å². The third-order valence-electron chi connectivity index (χ3n) is 12.0. The largest absolute Gasteiger partial charge is 0.457 e. The van der Waals surface area contributed by atoms with Gasteiger partial charge in [0, 0.05) is 33.4 Å². The SMILES string of the molecule is Cc1c(-c2ccccc2)nc(-c2ccccc2)nc1-c1ccc(-c2ccc3c(c2)C2(c4ccccc4Oc4ccccc42)c2cc(-c4ccc(C#N)cc4)ccc2-3)cc1. The van der Waals surface area contributed by atoms with Crippen LogP contribution in [0.25, 0.3) is 67.3 Å². The Bertz CT molecular complexity index is 3080. The third kappa shape index (κ3) is 5.44. The zero-order valence-corrected chi connectivity index (χ0v) is 32.2. The van der Waals surface area contributed by atoms with Crippen LogP contribution < -0.4 is 4.74 Å². The molecule has 276 valence electrons. The molecule has 11 rings (SSSR count). The van der Waals surface area contributed by atoms with Gasteiger partial charge in [0.25, 0.3) is 0 Å². The van der Waals surface area contributed by atoms with Crippen LogP contribution in [0.15, 0.2) is 194 Å². The number of ether oxygens (including phenoxy) is 1. The molecule has 0 amide bonds. The number of hydrogen-bond donors (Lipinski definition) is 0. The summed E-state index contributed by atoms with van der Waals surface area (Å²) in [4.78, 5) is 10.3. The Morgan fingerprint density at radius 3 is 1.37 bits per heavy atom. The Morgan fingerprint density at radius 1 is 0.424 bits per heavy atom. The van der Waals surface area contributed by atoms with Gasteiger partial charge in [-0.2, -0.15) is 5.26 Å². The molecule has 9 aromatic rings. The standard InChI is InChI=1S/C55H35N3O/c1-35-52(39-12-4-2-5-13-39)57-54(41-14-6-3-7-15-41)58-53(35)40-26-24-38(25-27-40)43-29-31-45-44-30-28-42(37-22-20-36(34-56)21-23-37)32-48(44)55(49(45)33-43)46-16-8-10-18-50(46)59-51-19-11-9-17-47(51)55/h2-33H,1H3. The van der Waals surface area contributed by atoms with Gasteiger partial charge in [-0.25, -0.2) is 9.97 Å². The lowest BCUT2D eigenvalue weighted by atomic mass is 9.65. The van der Waals surface area contributed by atoms with E-state index in [-0.39, 0.29) is 0 Å². The molecule has 4 heteroatoms. The molecule has 4 nitrogen and oxygen atoms in total. The minimum absolute atomic E-state index is 0.631. The molecular formula is C55H35N3O. The fourth-order valence-corrected chi connectivity index (χ4v) is 9.21. The van der Waals surface area contributed by atoms with Crippen LogP contribution in [-0.4, -0.2) is 9.97 Å². The average molecular weight is 754 g/mol. The topological polar surface area (TPSA) is 58.8 Å². The van der Waals surface area contributed by atoms with E-state index in [0.29, 0.717) is 11.4 Å². The molecule has 59 heavy (non-hydrogen) atoms. The van der Waals surface area contributed by atoms with Gasteiger partial charge in [-0.1, -0.05) is 158 Å². The van der Waals surface area contributed by atoms with E-state index in [2.05, 4.69) is 146 Å². The Morgan fingerprint density at radius 2 is 0.847 bits per heavy atom. The van der Waals surface area contributed by atoms with E-state index in [9.17, 15) is 5.26 Å². The van der Waals surface area contributed by atoms with Crippen LogP contribution in [-0.2, 0) is 5.41 Å². The predicted molar refractivity (Wildman–Crippen MR) is 236 cm³/mol. The quantitative estimate of drug-likeness (QED) is 0.176. The Kier molecular flexibility index (Phi) is 7.96. The van der Waals surface area contributed by atoms with E-state index < -0.39 is 5.41 Å². The highest BCUT2D eigenvalue weighted by Gasteiger charge is 2.51. The lowest BCUT2D eigenvalue weighted by molar-refractivity contribution is 0.436. The zero-order valence-electron chi connectivity index (χ0n) is 32.2. The van der Waals surface area contributed by atoms with Crippen molar-refractivity contribution in [1.29, 1.82) is 5.26 Å². The highest BCUT2D eigenvalue weighted by atomic mass is 16.5. The van der Waals surface area contributed by atoms with Crippen molar-refractivity contribution in [3.05, 3.63) is 228 Å². The number of aromatic nitrogens is 2. The number of nitrogens with zero attached hydrogens (tertiary/aromatic N) is 3. The van der Waals surface area contributed by atoms with Crippen molar-refractivity contribution in [2.75, 3.05) is 0 Å². The molecule has 0 radical (unpaired) electrons. The van der Waals surface area contributed by atoms with Crippen molar-refractivity contribution in [3.63, 3.8) is 0 Å². The number of rotatable bonds is 5. The van der Waals surface area contributed by atoms with Crippen LogP contribution in [0.5, 0.6) is 11.5 Å². The van der Waals surface area contributed by atoms with E-state index in [4.69, 9.17) is 14.7 Å². The highest BCUT2D eigenvalue weighted by Crippen LogP contribution is 2.62. The van der Waals surface area contributed by atoms with Crippen molar-refractivity contribution < 1.29 is 4.74 Å². The molecule has 0 fully saturated rings. The highest BCUT2D eigenvalue weighted by molar-refractivity contribution is 5.92. The Hall–Kier alpha value is -7.87. The summed E-state index contributed by atoms with van der Waals surface area (Å²) in [6, 6.07) is 70.2. The molecule has 0 unspecified atom stereocenters. The number of nitriles is 1. The maximum atomic E-state index is 9.49. The van der Waals surface area contributed by atoms with Gasteiger partial charge < -0.3 is 4.74 Å². The number of hydrogen-bond acceptors (Lipinski definition) is 4. The van der Waals surface area contributed by atoms with Gasteiger partial charge in [0.1, 0.15) is 11.5 Å². The summed E-state index contributed by atoms with van der Waals surface area (Å²) < 4.78 is 6.65. The Balaban J connectivity index is 1.07. The molecule has 1 spiro atoms. The number of para-hydroxylation sites is 2. The lowest BCUT2D eigenvalue weighted by Crippen LogP contribution is -2.32. The molecular weight excluding hydrogens is 719 g/mol. The van der Waals surface area contributed by atoms with Crippen LogP contribution >= 0.6 is 0 Å². The van der Waals surface area contributed by atoms with Gasteiger partial charge in [-0.15, -0.1) is 0 Å². The Labute approximate surface area is 343 Å². The third-order valence-corrected chi connectivity index (χ3v) is 12.0. The molecule has 2 heterocycles. The van der Waals surface area contributed by atoms with Crippen LogP contribution in [0, 0.1) is 18.3 Å². The second-order valence-corrected chi connectivity index (χ2v) is 15.2. The van der Waals surface area contributed by atoms with Gasteiger partial charge in [0.05, 0.1) is 28.4 Å². The monoisotopic (exact) mass is 753 g/mol. The summed E-state index contributed by atoms with van der Waals surface area (Å²) >= 11 is 0. The second kappa shape index (κ2) is 13.7. The minimum atomic E-state index is -0.631. The van der Waals surface area contributed by atoms with E-state index in [1.165, 1.54) is 22.3 Å². The molecule has 0 bridgehead atoms. The summed E-state index contributed by atoms with van der Waals surface area (Å²) in [7, 11) is 0. The van der Waals surface area contributed by atoms with Gasteiger partial charge in [-0.05, 0) is 87.8 Å². The molecule has 0 atom stereocenters. The second-order valence-electron chi connectivity index (χ2n) is 15.2. The lowest BCUT2D eigenvalue weighted by Gasteiger charge is -2.39. The zero-order chi connectivity index (χ0) is 39.5. The summed E-state index contributed by atoms with van der Waals surface area (Å²) in [6.45, 7) is 2.12. The first-order valence-corrected chi connectivity index (χ1v) is 19.9. The van der Waals surface area contributed by atoms with Crippen LogP contribution in [0.3, 0.4) is 0 Å². The molecule has 0 saturated heterocycles. The van der Waals surface area contributed by atoms with E-state index in [0.717, 1.165) is 78.5 Å². The molecule has 2 aliphatic rings. The molecule has 1 aliphatic heterocycles. The molecule has 0 saturated carbocycles. The summed E-state index contributed by atoms with van der Waals surface area (Å²) in [5.41, 5.74) is 17.5. The molecule has 8 aromatic carbocycles. The van der Waals surface area contributed by atoms with Crippen molar-refractivity contribution in [2.24, 2.45) is 0 Å². The van der Waals surface area contributed by atoms with Crippen molar-refractivity contribution in [1.82, 2.24) is 9.97 Å². The van der Waals surface area contributed by atoms with Gasteiger partial charge >= 0.3 is 0 Å². The summed E-state index contributed by atoms with van der Waals surface area (Å²) in [5.74, 6) is 2.42. The number of fused-ring (bicyclic) bond motifs is 9. The molecule has 0 N–H and O–H groups in total. The fraction of sp³-hybridized carbons (Fsp3) is 0.0364. The van der Waals surface area contributed by atoms with Gasteiger partial charge in [0.2, 0.25) is 0 Å². The minimum Gasteiger partial charge on any atom is -0.457 e. The van der Waals surface area contributed by atoms with Crippen molar-refractivity contribution >= 4 is 0 Å². The molecule has 1 aromatic heterocycles. The number of benzene rings is 8.